The number of carbonyl (C=O) groups is 2. The van der Waals surface area contributed by atoms with E-state index in [9.17, 15) is 14.0 Å². The van der Waals surface area contributed by atoms with Crippen molar-refractivity contribution in [2.24, 2.45) is 0 Å². The Balaban J connectivity index is 1.72. The van der Waals surface area contributed by atoms with E-state index in [1.807, 2.05) is 25.1 Å². The Bertz CT molecular complexity index is 1060. The predicted molar refractivity (Wildman–Crippen MR) is 97.8 cm³/mol. The van der Waals surface area contributed by atoms with E-state index in [2.05, 4.69) is 15.6 Å². The van der Waals surface area contributed by atoms with Crippen molar-refractivity contribution in [3.63, 3.8) is 0 Å². The minimum Gasteiger partial charge on any atom is -0.326 e. The number of halogens is 1. The molecule has 2 aromatic carbocycles. The largest absolute Gasteiger partial charge is 0.326 e. The maximum absolute atomic E-state index is 14.4. The van der Waals surface area contributed by atoms with Gasteiger partial charge in [-0.15, -0.1) is 0 Å². The third kappa shape index (κ3) is 2.79. The standard InChI is InChI=1S/C20H16FN3O2/c1-11-4-5-12-3-2-8-22-19(12)18(11)20(26)24-16-9-13-6-7-17(25)23-15(13)10-14(16)21/h2-5,8-10H,6-7H2,1H3,(H,23,25)(H,24,26). The lowest BCUT2D eigenvalue weighted by Crippen LogP contribution is -2.20. The van der Waals surface area contributed by atoms with Crippen LogP contribution >= 0.6 is 0 Å². The number of aromatic nitrogens is 1. The van der Waals surface area contributed by atoms with Crippen LogP contribution in [0.15, 0.2) is 42.6 Å². The van der Waals surface area contributed by atoms with Crippen molar-refractivity contribution < 1.29 is 14.0 Å². The highest BCUT2D eigenvalue weighted by Crippen LogP contribution is 2.29. The molecule has 0 aliphatic carbocycles. The van der Waals surface area contributed by atoms with Crippen LogP contribution in [-0.2, 0) is 11.2 Å². The van der Waals surface area contributed by atoms with E-state index in [1.165, 1.54) is 6.07 Å². The van der Waals surface area contributed by atoms with Gasteiger partial charge in [0.05, 0.1) is 16.8 Å². The smallest absolute Gasteiger partial charge is 0.258 e. The zero-order valence-electron chi connectivity index (χ0n) is 14.1. The summed E-state index contributed by atoms with van der Waals surface area (Å²) in [6, 6.07) is 10.2. The molecule has 0 saturated carbocycles. The molecular weight excluding hydrogens is 333 g/mol. The van der Waals surface area contributed by atoms with Crippen molar-refractivity contribution in [1.29, 1.82) is 0 Å². The Morgan fingerprint density at radius 1 is 1.23 bits per heavy atom. The molecule has 1 aliphatic rings. The van der Waals surface area contributed by atoms with Gasteiger partial charge in [0.25, 0.3) is 5.91 Å². The van der Waals surface area contributed by atoms with Crippen molar-refractivity contribution in [1.82, 2.24) is 4.98 Å². The number of nitrogens with zero attached hydrogens (tertiary/aromatic N) is 1. The molecule has 0 saturated heterocycles. The highest BCUT2D eigenvalue weighted by molar-refractivity contribution is 6.13. The number of aryl methyl sites for hydroxylation is 2. The van der Waals surface area contributed by atoms with Gasteiger partial charge in [0, 0.05) is 23.7 Å². The SMILES string of the molecule is Cc1ccc2cccnc2c1C(=O)Nc1cc2c(cc1F)NC(=O)CC2. The van der Waals surface area contributed by atoms with Crippen molar-refractivity contribution in [2.45, 2.75) is 19.8 Å². The van der Waals surface area contributed by atoms with Crippen LogP contribution in [-0.4, -0.2) is 16.8 Å². The molecule has 3 aromatic rings. The molecule has 2 amide bonds. The molecule has 4 rings (SSSR count). The monoisotopic (exact) mass is 349 g/mol. The van der Waals surface area contributed by atoms with E-state index < -0.39 is 11.7 Å². The normalized spacial score (nSPS) is 13.2. The fourth-order valence-corrected chi connectivity index (χ4v) is 3.22. The predicted octanol–water partition coefficient (Wildman–Crippen LogP) is 3.82. The summed E-state index contributed by atoms with van der Waals surface area (Å²) >= 11 is 0. The fraction of sp³-hybridized carbons (Fsp3) is 0.150. The van der Waals surface area contributed by atoms with Crippen LogP contribution in [0.1, 0.15) is 27.9 Å². The van der Waals surface area contributed by atoms with Gasteiger partial charge in [-0.2, -0.15) is 0 Å². The van der Waals surface area contributed by atoms with Gasteiger partial charge < -0.3 is 10.6 Å². The van der Waals surface area contributed by atoms with Crippen LogP contribution in [0.5, 0.6) is 0 Å². The van der Waals surface area contributed by atoms with E-state index in [1.54, 1.807) is 18.3 Å². The summed E-state index contributed by atoms with van der Waals surface area (Å²) in [5, 5.41) is 6.14. The van der Waals surface area contributed by atoms with Crippen LogP contribution in [0.25, 0.3) is 10.9 Å². The van der Waals surface area contributed by atoms with E-state index in [4.69, 9.17) is 0 Å². The number of carbonyl (C=O) groups excluding carboxylic acids is 2. The second-order valence-electron chi connectivity index (χ2n) is 6.32. The summed E-state index contributed by atoms with van der Waals surface area (Å²) in [6.07, 6.45) is 2.48. The number of hydrogen-bond acceptors (Lipinski definition) is 3. The number of fused-ring (bicyclic) bond motifs is 2. The Morgan fingerprint density at radius 2 is 2.08 bits per heavy atom. The molecule has 0 radical (unpaired) electrons. The molecule has 1 aromatic heterocycles. The summed E-state index contributed by atoms with van der Waals surface area (Å²) in [7, 11) is 0. The topological polar surface area (TPSA) is 71.1 Å². The first kappa shape index (κ1) is 16.2. The zero-order valence-corrected chi connectivity index (χ0v) is 14.1. The molecule has 6 heteroatoms. The molecule has 0 unspecified atom stereocenters. The van der Waals surface area contributed by atoms with Gasteiger partial charge in [0.2, 0.25) is 5.91 Å². The number of hydrogen-bond donors (Lipinski definition) is 2. The van der Waals surface area contributed by atoms with Crippen LogP contribution < -0.4 is 10.6 Å². The average Bonchev–Trinajstić information content (AvgIpc) is 2.62. The lowest BCUT2D eigenvalue weighted by molar-refractivity contribution is -0.116. The van der Waals surface area contributed by atoms with Crippen LogP contribution in [0.4, 0.5) is 15.8 Å². The Kier molecular flexibility index (Phi) is 3.88. The van der Waals surface area contributed by atoms with E-state index in [0.29, 0.717) is 29.6 Å². The fourth-order valence-electron chi connectivity index (χ4n) is 3.22. The lowest BCUT2D eigenvalue weighted by atomic mass is 10.0. The zero-order chi connectivity index (χ0) is 18.3. The Hall–Kier alpha value is -3.28. The third-order valence-electron chi connectivity index (χ3n) is 4.55. The number of amides is 2. The Morgan fingerprint density at radius 3 is 2.92 bits per heavy atom. The number of benzene rings is 2. The van der Waals surface area contributed by atoms with Gasteiger partial charge in [-0.1, -0.05) is 18.2 Å². The summed E-state index contributed by atoms with van der Waals surface area (Å²) in [5.74, 6) is -1.14. The Labute approximate surface area is 149 Å². The maximum atomic E-state index is 14.4. The summed E-state index contributed by atoms with van der Waals surface area (Å²) < 4.78 is 14.4. The first-order valence-corrected chi connectivity index (χ1v) is 8.31. The quantitative estimate of drug-likeness (QED) is 0.739. The van der Waals surface area contributed by atoms with Crippen molar-refractivity contribution in [3.05, 3.63) is 65.1 Å². The summed E-state index contributed by atoms with van der Waals surface area (Å²) in [4.78, 5) is 28.6. The highest BCUT2D eigenvalue weighted by atomic mass is 19.1. The van der Waals surface area contributed by atoms with E-state index in [0.717, 1.165) is 16.5 Å². The first-order chi connectivity index (χ1) is 12.5. The minimum atomic E-state index is -0.592. The summed E-state index contributed by atoms with van der Waals surface area (Å²) in [5.41, 5.74) is 3.12. The van der Waals surface area contributed by atoms with Gasteiger partial charge in [0.1, 0.15) is 5.82 Å². The third-order valence-corrected chi connectivity index (χ3v) is 4.55. The molecule has 26 heavy (non-hydrogen) atoms. The van der Waals surface area contributed by atoms with Crippen molar-refractivity contribution >= 4 is 34.1 Å². The molecule has 0 bridgehead atoms. The molecule has 130 valence electrons. The second-order valence-corrected chi connectivity index (χ2v) is 6.32. The number of pyridine rings is 1. The van der Waals surface area contributed by atoms with Crippen LogP contribution in [0.3, 0.4) is 0 Å². The van der Waals surface area contributed by atoms with Crippen molar-refractivity contribution in [3.8, 4) is 0 Å². The van der Waals surface area contributed by atoms with Gasteiger partial charge in [-0.3, -0.25) is 14.6 Å². The van der Waals surface area contributed by atoms with Gasteiger partial charge >= 0.3 is 0 Å². The molecular formula is C20H16FN3O2. The first-order valence-electron chi connectivity index (χ1n) is 8.31. The van der Waals surface area contributed by atoms with Crippen LogP contribution in [0.2, 0.25) is 0 Å². The minimum absolute atomic E-state index is 0.0947. The molecule has 2 heterocycles. The van der Waals surface area contributed by atoms with Gasteiger partial charge in [0.15, 0.2) is 0 Å². The lowest BCUT2D eigenvalue weighted by Gasteiger charge is -2.19. The number of nitrogens with one attached hydrogen (secondary N) is 2. The highest BCUT2D eigenvalue weighted by Gasteiger charge is 2.20. The van der Waals surface area contributed by atoms with E-state index in [-0.39, 0.29) is 11.6 Å². The molecule has 0 fully saturated rings. The number of anilines is 2. The van der Waals surface area contributed by atoms with Crippen molar-refractivity contribution in [2.75, 3.05) is 10.6 Å². The molecule has 5 nitrogen and oxygen atoms in total. The maximum Gasteiger partial charge on any atom is 0.258 e. The summed E-state index contributed by atoms with van der Waals surface area (Å²) in [6.45, 7) is 1.82. The molecule has 2 N–H and O–H groups in total. The number of rotatable bonds is 2. The average molecular weight is 349 g/mol. The van der Waals surface area contributed by atoms with Crippen LogP contribution in [0, 0.1) is 12.7 Å². The van der Waals surface area contributed by atoms with Gasteiger partial charge in [-0.25, -0.2) is 4.39 Å². The molecule has 1 aliphatic heterocycles. The molecule has 0 atom stereocenters. The molecule has 0 spiro atoms. The second kappa shape index (κ2) is 6.22. The van der Waals surface area contributed by atoms with E-state index >= 15 is 0 Å². The van der Waals surface area contributed by atoms with Gasteiger partial charge in [-0.05, 0) is 42.7 Å².